The normalized spacial score (nSPS) is 14.2. The van der Waals surface area contributed by atoms with E-state index in [0.29, 0.717) is 24.5 Å². The molecule has 6 nitrogen and oxygen atoms in total. The van der Waals surface area contributed by atoms with Gasteiger partial charge >= 0.3 is 6.18 Å². The molecular formula is C22H26ClF3N6. The molecule has 0 amide bonds. The second kappa shape index (κ2) is 9.68. The summed E-state index contributed by atoms with van der Waals surface area (Å²) in [5, 5.41) is 6.62. The number of alkyl halides is 3. The quantitative estimate of drug-likeness (QED) is 0.523. The Morgan fingerprint density at radius 3 is 2.50 bits per heavy atom. The number of hydrogen-bond donors (Lipinski definition) is 3. The first-order chi connectivity index (χ1) is 15.1. The molecule has 0 radical (unpaired) electrons. The van der Waals surface area contributed by atoms with E-state index in [4.69, 9.17) is 17.3 Å². The van der Waals surface area contributed by atoms with Crippen LogP contribution in [0.5, 0.6) is 0 Å². The maximum Gasteiger partial charge on any atom is 0.416 e. The van der Waals surface area contributed by atoms with E-state index in [9.17, 15) is 13.2 Å². The summed E-state index contributed by atoms with van der Waals surface area (Å²) in [4.78, 5) is 11.0. The molecule has 0 saturated carbocycles. The van der Waals surface area contributed by atoms with Crippen LogP contribution in [0.2, 0.25) is 5.02 Å². The number of aryl methyl sites for hydroxylation is 1. The summed E-state index contributed by atoms with van der Waals surface area (Å²) in [5.74, 6) is 1.92. The van der Waals surface area contributed by atoms with Gasteiger partial charge in [0.15, 0.2) is 5.82 Å². The molecular weight excluding hydrogens is 441 g/mol. The monoisotopic (exact) mass is 466 g/mol. The Hall–Kier alpha value is -2.94. The lowest BCUT2D eigenvalue weighted by molar-refractivity contribution is -0.137. The van der Waals surface area contributed by atoms with Crippen molar-refractivity contribution < 1.29 is 13.2 Å². The number of halogens is 4. The molecule has 1 aromatic heterocycles. The summed E-state index contributed by atoms with van der Waals surface area (Å²) in [7, 11) is 1.97. The second-order valence-corrected chi connectivity index (χ2v) is 8.06. The van der Waals surface area contributed by atoms with Gasteiger partial charge in [0, 0.05) is 42.7 Å². The Balaban J connectivity index is 1.66. The molecule has 3 rings (SSSR count). The topological polar surface area (TPSA) is 79.1 Å². The number of nitrogens with two attached hydrogens (primary N) is 1. The number of hydrogen-bond acceptors (Lipinski definition) is 6. The van der Waals surface area contributed by atoms with Gasteiger partial charge < -0.3 is 21.3 Å². The maximum absolute atomic E-state index is 12.9. The van der Waals surface area contributed by atoms with E-state index in [-0.39, 0.29) is 10.8 Å². The standard InChI is InChI=1S/C22H26ClF3N6/c1-13-14(2)30-21(17-7-5-15(11-18(17)23)22(24,25)26)31-20(13)29-10-4-9-28-19-8-6-16(27)12-32(19)3/h5-8,11,28H,4,9-10,12,27H2,1-3H3,(H,29,30,31). The van der Waals surface area contributed by atoms with E-state index in [2.05, 4.69) is 20.6 Å². The highest BCUT2D eigenvalue weighted by Gasteiger charge is 2.31. The molecule has 0 aliphatic carbocycles. The van der Waals surface area contributed by atoms with E-state index in [1.54, 1.807) is 0 Å². The van der Waals surface area contributed by atoms with Gasteiger partial charge in [-0.1, -0.05) is 11.6 Å². The summed E-state index contributed by atoms with van der Waals surface area (Å²) < 4.78 is 38.8. The van der Waals surface area contributed by atoms with Gasteiger partial charge in [-0.15, -0.1) is 0 Å². The molecule has 2 heterocycles. The van der Waals surface area contributed by atoms with Crippen molar-refractivity contribution >= 4 is 17.4 Å². The third-order valence-electron chi connectivity index (χ3n) is 5.16. The van der Waals surface area contributed by atoms with Gasteiger partial charge in [0.1, 0.15) is 11.6 Å². The van der Waals surface area contributed by atoms with Crippen molar-refractivity contribution in [2.24, 2.45) is 5.73 Å². The molecule has 0 spiro atoms. The zero-order chi connectivity index (χ0) is 23.5. The molecule has 4 N–H and O–H groups in total. The fourth-order valence-electron chi connectivity index (χ4n) is 3.22. The molecule has 2 aromatic rings. The minimum Gasteiger partial charge on any atom is -0.401 e. The highest BCUT2D eigenvalue weighted by atomic mass is 35.5. The van der Waals surface area contributed by atoms with Crippen molar-refractivity contribution in [2.45, 2.75) is 26.4 Å². The second-order valence-electron chi connectivity index (χ2n) is 7.66. The number of benzene rings is 1. The third kappa shape index (κ3) is 5.64. The molecule has 32 heavy (non-hydrogen) atoms. The summed E-state index contributed by atoms with van der Waals surface area (Å²) in [6.07, 6.45) is 0.202. The maximum atomic E-state index is 12.9. The van der Waals surface area contributed by atoms with Crippen LogP contribution in [0.1, 0.15) is 23.2 Å². The minimum atomic E-state index is -4.46. The van der Waals surface area contributed by atoms with Gasteiger partial charge in [0.05, 0.1) is 17.1 Å². The van der Waals surface area contributed by atoms with Gasteiger partial charge in [-0.25, -0.2) is 9.97 Å². The Morgan fingerprint density at radius 2 is 1.84 bits per heavy atom. The van der Waals surface area contributed by atoms with Crippen LogP contribution in [0.4, 0.5) is 19.0 Å². The lowest BCUT2D eigenvalue weighted by Crippen LogP contribution is -2.34. The van der Waals surface area contributed by atoms with Crippen LogP contribution in [-0.4, -0.2) is 41.5 Å². The zero-order valence-corrected chi connectivity index (χ0v) is 18.9. The fourth-order valence-corrected chi connectivity index (χ4v) is 3.49. The first-order valence-corrected chi connectivity index (χ1v) is 10.5. The molecule has 1 aliphatic heterocycles. The first kappa shape index (κ1) is 23.7. The molecule has 0 bridgehead atoms. The average Bonchev–Trinajstić information content (AvgIpc) is 2.71. The number of aromatic nitrogens is 2. The van der Waals surface area contributed by atoms with Gasteiger partial charge in [-0.05, 0) is 50.6 Å². The molecule has 0 atom stereocenters. The van der Waals surface area contributed by atoms with Gasteiger partial charge in [0.2, 0.25) is 0 Å². The van der Waals surface area contributed by atoms with Crippen LogP contribution in [-0.2, 0) is 6.18 Å². The van der Waals surface area contributed by atoms with E-state index < -0.39 is 11.7 Å². The van der Waals surface area contributed by atoms with Gasteiger partial charge in [0.25, 0.3) is 0 Å². The highest BCUT2D eigenvalue weighted by Crippen LogP contribution is 2.35. The number of nitrogens with zero attached hydrogens (tertiary/aromatic N) is 3. The van der Waals surface area contributed by atoms with Crippen molar-refractivity contribution in [1.82, 2.24) is 20.2 Å². The lowest BCUT2D eigenvalue weighted by atomic mass is 10.1. The summed E-state index contributed by atoms with van der Waals surface area (Å²) >= 11 is 6.12. The highest BCUT2D eigenvalue weighted by molar-refractivity contribution is 6.33. The minimum absolute atomic E-state index is 0.0437. The van der Waals surface area contributed by atoms with E-state index in [0.717, 1.165) is 47.9 Å². The molecule has 172 valence electrons. The Morgan fingerprint density at radius 1 is 1.12 bits per heavy atom. The lowest BCUT2D eigenvalue weighted by Gasteiger charge is -2.26. The van der Waals surface area contributed by atoms with Crippen LogP contribution in [0, 0.1) is 13.8 Å². The number of rotatable bonds is 7. The average molecular weight is 467 g/mol. The summed E-state index contributed by atoms with van der Waals surface area (Å²) in [5.41, 5.74) is 7.78. The van der Waals surface area contributed by atoms with E-state index in [1.165, 1.54) is 6.07 Å². The number of nitrogens with one attached hydrogen (secondary N) is 2. The largest absolute Gasteiger partial charge is 0.416 e. The van der Waals surface area contributed by atoms with Crippen molar-refractivity contribution in [1.29, 1.82) is 0 Å². The van der Waals surface area contributed by atoms with E-state index in [1.807, 2.05) is 37.9 Å². The predicted molar refractivity (Wildman–Crippen MR) is 121 cm³/mol. The van der Waals surface area contributed by atoms with Crippen LogP contribution < -0.4 is 16.4 Å². The number of likely N-dealkylation sites (N-methyl/N-ethyl adjacent to an activating group) is 1. The summed E-state index contributed by atoms with van der Waals surface area (Å²) in [6, 6.07) is 3.19. The van der Waals surface area contributed by atoms with Crippen molar-refractivity contribution in [3.05, 3.63) is 63.7 Å². The molecule has 0 unspecified atom stereocenters. The Kier molecular flexibility index (Phi) is 7.18. The first-order valence-electron chi connectivity index (χ1n) is 10.1. The molecule has 10 heteroatoms. The van der Waals surface area contributed by atoms with Crippen LogP contribution >= 0.6 is 11.6 Å². The molecule has 0 saturated heterocycles. The van der Waals surface area contributed by atoms with Crippen molar-refractivity contribution in [2.75, 3.05) is 32.0 Å². The number of allylic oxidation sites excluding steroid dienone is 2. The molecule has 1 aliphatic rings. The Labute approximate surface area is 190 Å². The van der Waals surface area contributed by atoms with Crippen LogP contribution in [0.15, 0.2) is 41.9 Å². The summed E-state index contributed by atoms with van der Waals surface area (Å²) in [6.45, 7) is 5.81. The van der Waals surface area contributed by atoms with E-state index >= 15 is 0 Å². The van der Waals surface area contributed by atoms with Gasteiger partial charge in [-0.3, -0.25) is 0 Å². The fraction of sp³-hybridized carbons (Fsp3) is 0.364. The third-order valence-corrected chi connectivity index (χ3v) is 5.48. The zero-order valence-electron chi connectivity index (χ0n) is 18.1. The number of anilines is 1. The van der Waals surface area contributed by atoms with Gasteiger partial charge in [-0.2, -0.15) is 13.2 Å². The predicted octanol–water partition coefficient (Wildman–Crippen LogP) is 4.45. The SMILES string of the molecule is Cc1nc(-c2ccc(C(F)(F)F)cc2Cl)nc(NCCCNC2=CC=C(N)CN2C)c1C. The van der Waals surface area contributed by atoms with Crippen molar-refractivity contribution in [3.63, 3.8) is 0 Å². The van der Waals surface area contributed by atoms with Crippen molar-refractivity contribution in [3.8, 4) is 11.4 Å². The molecule has 0 fully saturated rings. The van der Waals surface area contributed by atoms with Crippen LogP contribution in [0.25, 0.3) is 11.4 Å². The Bertz CT molecular complexity index is 1050. The van der Waals surface area contributed by atoms with Crippen LogP contribution in [0.3, 0.4) is 0 Å². The smallest absolute Gasteiger partial charge is 0.401 e. The molecule has 1 aromatic carbocycles.